The van der Waals surface area contributed by atoms with E-state index in [4.69, 9.17) is 11.6 Å². The molecular weight excluding hydrogens is 205 g/mol. The second-order valence-electron chi connectivity index (χ2n) is 3.93. The third kappa shape index (κ3) is 1.77. The van der Waals surface area contributed by atoms with Crippen LogP contribution in [0.5, 0.6) is 0 Å². The van der Waals surface area contributed by atoms with E-state index in [0.29, 0.717) is 0 Å². The van der Waals surface area contributed by atoms with Crippen LogP contribution >= 0.6 is 24.0 Å². The van der Waals surface area contributed by atoms with Crippen molar-refractivity contribution in [2.75, 3.05) is 11.9 Å². The van der Waals surface area contributed by atoms with Crippen LogP contribution in [0.2, 0.25) is 5.02 Å². The Morgan fingerprint density at radius 3 is 2.77 bits per heavy atom. The molecule has 1 N–H and O–H groups in total. The van der Waals surface area contributed by atoms with Gasteiger partial charge in [0.25, 0.3) is 0 Å². The summed E-state index contributed by atoms with van der Waals surface area (Å²) >= 11 is 5.88. The molecule has 3 heteroatoms. The predicted octanol–water partition coefficient (Wildman–Crippen LogP) is 3.46. The molecule has 72 valence electrons. The van der Waals surface area contributed by atoms with Crippen molar-refractivity contribution in [2.45, 2.75) is 19.3 Å². The van der Waals surface area contributed by atoms with Crippen molar-refractivity contribution in [1.82, 2.24) is 0 Å². The van der Waals surface area contributed by atoms with Crippen molar-refractivity contribution in [1.29, 1.82) is 0 Å². The minimum atomic E-state index is 0. The van der Waals surface area contributed by atoms with Gasteiger partial charge >= 0.3 is 0 Å². The number of anilines is 1. The van der Waals surface area contributed by atoms with Gasteiger partial charge in [-0.3, -0.25) is 0 Å². The van der Waals surface area contributed by atoms with Crippen LogP contribution in [0.25, 0.3) is 0 Å². The molecule has 0 unspecified atom stereocenters. The van der Waals surface area contributed by atoms with E-state index in [9.17, 15) is 0 Å². The quantitative estimate of drug-likeness (QED) is 0.703. The summed E-state index contributed by atoms with van der Waals surface area (Å²) in [6.07, 6.45) is 0. The molecule has 2 rings (SSSR count). The highest BCUT2D eigenvalue weighted by Crippen LogP contribution is 2.37. The summed E-state index contributed by atoms with van der Waals surface area (Å²) in [5.74, 6) is 0. The molecule has 0 radical (unpaired) electrons. The summed E-state index contributed by atoms with van der Waals surface area (Å²) in [4.78, 5) is 0. The lowest BCUT2D eigenvalue weighted by atomic mass is 9.87. The average Bonchev–Trinajstić information content (AvgIpc) is 2.27. The maximum absolute atomic E-state index is 5.88. The van der Waals surface area contributed by atoms with Gasteiger partial charge in [-0.2, -0.15) is 0 Å². The second-order valence-corrected chi connectivity index (χ2v) is 4.36. The van der Waals surface area contributed by atoms with Crippen LogP contribution in [0.4, 0.5) is 5.69 Å². The fraction of sp³-hybridized carbons (Fsp3) is 0.400. The summed E-state index contributed by atoms with van der Waals surface area (Å²) in [7, 11) is 0. The van der Waals surface area contributed by atoms with Gasteiger partial charge in [0.2, 0.25) is 0 Å². The topological polar surface area (TPSA) is 12.0 Å². The molecule has 13 heavy (non-hydrogen) atoms. The molecule has 0 aliphatic carbocycles. The lowest BCUT2D eigenvalue weighted by Gasteiger charge is -2.16. The highest BCUT2D eigenvalue weighted by Gasteiger charge is 2.29. The van der Waals surface area contributed by atoms with Gasteiger partial charge in [0.05, 0.1) is 0 Å². The van der Waals surface area contributed by atoms with E-state index in [2.05, 4.69) is 25.2 Å². The molecule has 0 bridgehead atoms. The van der Waals surface area contributed by atoms with Gasteiger partial charge in [0.15, 0.2) is 0 Å². The maximum atomic E-state index is 5.88. The van der Waals surface area contributed by atoms with Crippen LogP contribution in [0.15, 0.2) is 18.2 Å². The van der Waals surface area contributed by atoms with Gasteiger partial charge in [-0.05, 0) is 17.7 Å². The Morgan fingerprint density at radius 2 is 2.08 bits per heavy atom. The number of halogens is 2. The molecule has 0 saturated heterocycles. The molecular formula is C10H13Cl2N. The first-order valence-corrected chi connectivity index (χ1v) is 4.51. The SMILES string of the molecule is CC1(C)CNc2cc(Cl)ccc21.Cl. The van der Waals surface area contributed by atoms with Gasteiger partial charge in [-0.15, -0.1) is 12.4 Å². The van der Waals surface area contributed by atoms with Crippen LogP contribution in [0.3, 0.4) is 0 Å². The molecule has 0 saturated carbocycles. The highest BCUT2D eigenvalue weighted by atomic mass is 35.5. The fourth-order valence-electron chi connectivity index (χ4n) is 1.66. The van der Waals surface area contributed by atoms with Crippen molar-refractivity contribution in [2.24, 2.45) is 0 Å². The zero-order valence-corrected chi connectivity index (χ0v) is 9.30. The maximum Gasteiger partial charge on any atom is 0.0426 e. The molecule has 0 spiro atoms. The van der Waals surface area contributed by atoms with Crippen molar-refractivity contribution in [3.05, 3.63) is 28.8 Å². The first-order chi connectivity index (χ1) is 5.59. The third-order valence-electron chi connectivity index (χ3n) is 2.43. The third-order valence-corrected chi connectivity index (χ3v) is 2.67. The Balaban J connectivity index is 0.000000845. The molecule has 1 nitrogen and oxygen atoms in total. The summed E-state index contributed by atoms with van der Waals surface area (Å²) in [6.45, 7) is 5.47. The van der Waals surface area contributed by atoms with Crippen molar-refractivity contribution in [3.8, 4) is 0 Å². The van der Waals surface area contributed by atoms with Gasteiger partial charge < -0.3 is 5.32 Å². The number of fused-ring (bicyclic) bond motifs is 1. The number of nitrogens with one attached hydrogen (secondary N) is 1. The lowest BCUT2D eigenvalue weighted by Crippen LogP contribution is -2.18. The minimum Gasteiger partial charge on any atom is -0.384 e. The summed E-state index contributed by atoms with van der Waals surface area (Å²) < 4.78 is 0. The standard InChI is InChI=1S/C10H12ClN.ClH/c1-10(2)6-12-9-5-7(11)3-4-8(9)10;/h3-5,12H,6H2,1-2H3;1H. The van der Waals surface area contributed by atoms with Crippen LogP contribution in [-0.4, -0.2) is 6.54 Å². The lowest BCUT2D eigenvalue weighted by molar-refractivity contribution is 0.586. The molecule has 1 heterocycles. The van der Waals surface area contributed by atoms with Crippen molar-refractivity contribution < 1.29 is 0 Å². The molecule has 0 fully saturated rings. The Hall–Kier alpha value is -0.400. The Bertz CT molecular complexity index is 321. The first kappa shape index (κ1) is 10.7. The van der Waals surface area contributed by atoms with E-state index in [1.54, 1.807) is 0 Å². The molecule has 0 amide bonds. The van der Waals surface area contributed by atoms with Crippen LogP contribution in [-0.2, 0) is 5.41 Å². The molecule has 1 aliphatic rings. The monoisotopic (exact) mass is 217 g/mol. The van der Waals surface area contributed by atoms with Crippen molar-refractivity contribution in [3.63, 3.8) is 0 Å². The highest BCUT2D eigenvalue weighted by molar-refractivity contribution is 6.30. The van der Waals surface area contributed by atoms with Crippen LogP contribution < -0.4 is 5.32 Å². The van der Waals surface area contributed by atoms with E-state index in [1.807, 2.05) is 12.1 Å². The van der Waals surface area contributed by atoms with Gasteiger partial charge in [-0.1, -0.05) is 31.5 Å². The van der Waals surface area contributed by atoms with E-state index in [1.165, 1.54) is 11.3 Å². The number of hydrogen-bond donors (Lipinski definition) is 1. The first-order valence-electron chi connectivity index (χ1n) is 4.13. The molecule has 0 atom stereocenters. The Kier molecular flexibility index (Phi) is 2.79. The van der Waals surface area contributed by atoms with Gasteiger partial charge in [0, 0.05) is 22.7 Å². The summed E-state index contributed by atoms with van der Waals surface area (Å²) in [5.41, 5.74) is 2.80. The molecule has 1 aromatic rings. The smallest absolute Gasteiger partial charge is 0.0426 e. The van der Waals surface area contributed by atoms with Crippen LogP contribution in [0.1, 0.15) is 19.4 Å². The van der Waals surface area contributed by atoms with E-state index >= 15 is 0 Å². The predicted molar refractivity (Wildman–Crippen MR) is 60.2 cm³/mol. The number of hydrogen-bond acceptors (Lipinski definition) is 1. The van der Waals surface area contributed by atoms with Gasteiger partial charge in [-0.25, -0.2) is 0 Å². The van der Waals surface area contributed by atoms with E-state index in [-0.39, 0.29) is 17.8 Å². The zero-order valence-electron chi connectivity index (χ0n) is 7.73. The van der Waals surface area contributed by atoms with Crippen LogP contribution in [0, 0.1) is 0 Å². The number of rotatable bonds is 0. The van der Waals surface area contributed by atoms with E-state index in [0.717, 1.165) is 11.6 Å². The average molecular weight is 218 g/mol. The van der Waals surface area contributed by atoms with E-state index < -0.39 is 0 Å². The summed E-state index contributed by atoms with van der Waals surface area (Å²) in [6, 6.07) is 6.05. The molecule has 0 aromatic heterocycles. The second kappa shape index (κ2) is 3.39. The van der Waals surface area contributed by atoms with Gasteiger partial charge in [0.1, 0.15) is 0 Å². The fourth-order valence-corrected chi connectivity index (χ4v) is 1.84. The zero-order chi connectivity index (χ0) is 8.77. The normalized spacial score (nSPS) is 17.2. The molecule has 1 aromatic carbocycles. The van der Waals surface area contributed by atoms with Crippen molar-refractivity contribution >= 4 is 29.7 Å². The Labute approximate surface area is 89.9 Å². The summed E-state index contributed by atoms with van der Waals surface area (Å²) in [5, 5.41) is 4.15. The Morgan fingerprint density at radius 1 is 1.38 bits per heavy atom. The number of benzene rings is 1. The largest absolute Gasteiger partial charge is 0.384 e. The molecule has 1 aliphatic heterocycles. The minimum absolute atomic E-state index is 0.